The van der Waals surface area contributed by atoms with E-state index < -0.39 is 0 Å². The van der Waals surface area contributed by atoms with Crippen LogP contribution < -0.4 is 4.74 Å². The minimum atomic E-state index is -0.238. The number of nitrogens with zero attached hydrogens (tertiary/aromatic N) is 4. The van der Waals surface area contributed by atoms with E-state index in [2.05, 4.69) is 35.3 Å². The molecular weight excluding hydrogens is 460 g/mol. The SMILES string of the molecule is COCCn1c(COc2ccccc2-c2ccccc2)nnc1S[C@@H](C)C(=O)N1CCC[C@@H](C)C1. The van der Waals surface area contributed by atoms with Gasteiger partial charge in [-0.1, -0.05) is 67.2 Å². The second-order valence-electron chi connectivity index (χ2n) is 8.99. The maximum atomic E-state index is 13.1. The van der Waals surface area contributed by atoms with E-state index in [-0.39, 0.29) is 17.8 Å². The van der Waals surface area contributed by atoms with Crippen molar-refractivity contribution < 1.29 is 14.3 Å². The van der Waals surface area contributed by atoms with E-state index in [9.17, 15) is 4.79 Å². The van der Waals surface area contributed by atoms with E-state index in [1.807, 2.05) is 52.8 Å². The number of carbonyl (C=O) groups is 1. The second kappa shape index (κ2) is 12.2. The van der Waals surface area contributed by atoms with Crippen molar-refractivity contribution in [2.45, 2.75) is 50.2 Å². The number of thioether (sulfide) groups is 1. The minimum Gasteiger partial charge on any atom is -0.485 e. The van der Waals surface area contributed by atoms with Crippen LogP contribution in [0.15, 0.2) is 59.8 Å². The maximum Gasteiger partial charge on any atom is 0.235 e. The summed E-state index contributed by atoms with van der Waals surface area (Å²) in [6, 6.07) is 18.2. The van der Waals surface area contributed by atoms with Crippen LogP contribution >= 0.6 is 11.8 Å². The van der Waals surface area contributed by atoms with Crippen LogP contribution in [0.3, 0.4) is 0 Å². The van der Waals surface area contributed by atoms with Crippen LogP contribution in [0, 0.1) is 5.92 Å². The molecule has 186 valence electrons. The van der Waals surface area contributed by atoms with Crippen molar-refractivity contribution in [1.82, 2.24) is 19.7 Å². The fourth-order valence-electron chi connectivity index (χ4n) is 4.37. The quantitative estimate of drug-likeness (QED) is 0.373. The molecule has 0 saturated carbocycles. The number of amides is 1. The molecule has 1 aliphatic rings. The average molecular weight is 495 g/mol. The van der Waals surface area contributed by atoms with Gasteiger partial charge in [0.2, 0.25) is 5.91 Å². The molecule has 0 bridgehead atoms. The molecule has 7 nitrogen and oxygen atoms in total. The van der Waals surface area contributed by atoms with Crippen molar-refractivity contribution in [3.05, 3.63) is 60.4 Å². The lowest BCUT2D eigenvalue weighted by molar-refractivity contribution is -0.132. The van der Waals surface area contributed by atoms with Crippen molar-refractivity contribution in [1.29, 1.82) is 0 Å². The van der Waals surface area contributed by atoms with E-state index in [0.717, 1.165) is 36.4 Å². The summed E-state index contributed by atoms with van der Waals surface area (Å²) < 4.78 is 13.5. The van der Waals surface area contributed by atoms with Gasteiger partial charge in [-0.15, -0.1) is 10.2 Å². The molecule has 2 atom stereocenters. The lowest BCUT2D eigenvalue weighted by atomic mass is 10.0. The van der Waals surface area contributed by atoms with Crippen molar-refractivity contribution in [2.75, 3.05) is 26.8 Å². The summed E-state index contributed by atoms with van der Waals surface area (Å²) in [6.45, 7) is 7.21. The first kappa shape index (κ1) is 25.3. The highest BCUT2D eigenvalue weighted by molar-refractivity contribution is 8.00. The summed E-state index contributed by atoms with van der Waals surface area (Å²) in [5.41, 5.74) is 2.13. The third-order valence-electron chi connectivity index (χ3n) is 6.24. The fourth-order valence-corrected chi connectivity index (χ4v) is 5.34. The highest BCUT2D eigenvalue weighted by atomic mass is 32.2. The average Bonchev–Trinajstić information content (AvgIpc) is 3.27. The third kappa shape index (κ3) is 6.44. The number of rotatable bonds is 10. The number of hydrogen-bond donors (Lipinski definition) is 0. The van der Waals surface area contributed by atoms with Gasteiger partial charge in [0.25, 0.3) is 0 Å². The van der Waals surface area contributed by atoms with E-state index >= 15 is 0 Å². The van der Waals surface area contributed by atoms with Gasteiger partial charge in [0, 0.05) is 32.3 Å². The summed E-state index contributed by atoms with van der Waals surface area (Å²) in [4.78, 5) is 15.1. The van der Waals surface area contributed by atoms with Crippen LogP contribution in [0.5, 0.6) is 5.75 Å². The first-order chi connectivity index (χ1) is 17.1. The minimum absolute atomic E-state index is 0.164. The Morgan fingerprint density at radius 2 is 1.91 bits per heavy atom. The number of ether oxygens (including phenoxy) is 2. The van der Waals surface area contributed by atoms with Crippen LogP contribution in [0.4, 0.5) is 0 Å². The van der Waals surface area contributed by atoms with Gasteiger partial charge in [-0.05, 0) is 37.3 Å². The normalized spacial score (nSPS) is 16.8. The molecule has 4 rings (SSSR count). The number of aromatic nitrogens is 3. The van der Waals surface area contributed by atoms with Gasteiger partial charge in [0.05, 0.1) is 11.9 Å². The van der Waals surface area contributed by atoms with Gasteiger partial charge in [-0.25, -0.2) is 0 Å². The standard InChI is InChI=1S/C27H34N4O3S/c1-20-10-9-15-30(18-20)26(32)21(2)35-27-29-28-25(31(27)16-17-33-3)19-34-24-14-8-7-13-23(24)22-11-5-4-6-12-22/h4-8,11-14,20-21H,9-10,15-19H2,1-3H3/t20-,21+/m1/s1. The molecule has 35 heavy (non-hydrogen) atoms. The predicted molar refractivity (Wildman–Crippen MR) is 138 cm³/mol. The molecule has 2 heterocycles. The summed E-state index contributed by atoms with van der Waals surface area (Å²) in [7, 11) is 1.67. The molecular formula is C27H34N4O3S. The summed E-state index contributed by atoms with van der Waals surface area (Å²) in [5.74, 6) is 2.21. The molecule has 1 aromatic heterocycles. The third-order valence-corrected chi connectivity index (χ3v) is 7.31. The summed E-state index contributed by atoms with van der Waals surface area (Å²) in [5, 5.41) is 9.30. The molecule has 2 aromatic carbocycles. The zero-order valence-electron chi connectivity index (χ0n) is 20.7. The van der Waals surface area contributed by atoms with Crippen molar-refractivity contribution in [3.8, 4) is 16.9 Å². The number of carbonyl (C=O) groups excluding carboxylic acids is 1. The summed E-state index contributed by atoms with van der Waals surface area (Å²) >= 11 is 1.45. The number of piperidine rings is 1. The Morgan fingerprint density at radius 1 is 1.14 bits per heavy atom. The van der Waals surface area contributed by atoms with Crippen LogP contribution in [0.1, 0.15) is 32.5 Å². The highest BCUT2D eigenvalue weighted by Crippen LogP contribution is 2.31. The predicted octanol–water partition coefficient (Wildman–Crippen LogP) is 4.91. The van der Waals surface area contributed by atoms with Crippen LogP contribution in [0.25, 0.3) is 11.1 Å². The van der Waals surface area contributed by atoms with Gasteiger partial charge in [0.1, 0.15) is 12.4 Å². The van der Waals surface area contributed by atoms with Crippen molar-refractivity contribution in [2.24, 2.45) is 5.92 Å². The zero-order valence-corrected chi connectivity index (χ0v) is 21.5. The Hall–Kier alpha value is -2.84. The molecule has 0 N–H and O–H groups in total. The van der Waals surface area contributed by atoms with Gasteiger partial charge in [0.15, 0.2) is 11.0 Å². The van der Waals surface area contributed by atoms with Gasteiger partial charge < -0.3 is 18.9 Å². The van der Waals surface area contributed by atoms with Gasteiger partial charge in [-0.2, -0.15) is 0 Å². The molecule has 0 aliphatic carbocycles. The lowest BCUT2D eigenvalue weighted by Gasteiger charge is -2.32. The van der Waals surface area contributed by atoms with E-state index in [1.54, 1.807) is 7.11 Å². The summed E-state index contributed by atoms with van der Waals surface area (Å²) in [6.07, 6.45) is 2.26. The molecule has 8 heteroatoms. The lowest BCUT2D eigenvalue weighted by Crippen LogP contribution is -2.42. The Bertz CT molecular complexity index is 1100. The fraction of sp³-hybridized carbons (Fsp3) is 0.444. The molecule has 1 amide bonds. The van der Waals surface area contributed by atoms with Crippen LogP contribution in [-0.4, -0.2) is 57.6 Å². The number of hydrogen-bond acceptors (Lipinski definition) is 6. The van der Waals surface area contributed by atoms with Crippen molar-refractivity contribution in [3.63, 3.8) is 0 Å². The van der Waals surface area contributed by atoms with Gasteiger partial charge in [-0.3, -0.25) is 4.79 Å². The molecule has 3 aromatic rings. The number of para-hydroxylation sites is 1. The molecule has 0 unspecified atom stereocenters. The van der Waals surface area contributed by atoms with E-state index in [1.165, 1.54) is 18.2 Å². The van der Waals surface area contributed by atoms with Gasteiger partial charge >= 0.3 is 0 Å². The Balaban J connectivity index is 1.48. The smallest absolute Gasteiger partial charge is 0.235 e. The highest BCUT2D eigenvalue weighted by Gasteiger charge is 2.27. The zero-order chi connectivity index (χ0) is 24.6. The largest absolute Gasteiger partial charge is 0.485 e. The van der Waals surface area contributed by atoms with Crippen LogP contribution in [0.2, 0.25) is 0 Å². The first-order valence-corrected chi connectivity index (χ1v) is 13.1. The second-order valence-corrected chi connectivity index (χ2v) is 10.3. The number of likely N-dealkylation sites (tertiary alicyclic amines) is 1. The van der Waals surface area contributed by atoms with E-state index in [4.69, 9.17) is 9.47 Å². The Kier molecular flexibility index (Phi) is 8.82. The molecule has 0 radical (unpaired) electrons. The first-order valence-electron chi connectivity index (χ1n) is 12.2. The molecule has 1 saturated heterocycles. The molecule has 1 aliphatic heterocycles. The number of methoxy groups -OCH3 is 1. The molecule has 0 spiro atoms. The van der Waals surface area contributed by atoms with Crippen LogP contribution in [-0.2, 0) is 22.7 Å². The monoisotopic (exact) mass is 494 g/mol. The van der Waals surface area contributed by atoms with Crippen molar-refractivity contribution >= 4 is 17.7 Å². The van der Waals surface area contributed by atoms with E-state index in [0.29, 0.717) is 30.1 Å². The maximum absolute atomic E-state index is 13.1. The number of benzene rings is 2. The Labute approximate surface area is 211 Å². The topological polar surface area (TPSA) is 69.5 Å². The molecule has 1 fully saturated rings. The Morgan fingerprint density at radius 3 is 2.69 bits per heavy atom.